The predicted molar refractivity (Wildman–Crippen MR) is 71.9 cm³/mol. The van der Waals surface area contributed by atoms with Crippen molar-refractivity contribution in [3.05, 3.63) is 64.5 Å². The summed E-state index contributed by atoms with van der Waals surface area (Å²) >= 11 is 5.73. The lowest BCUT2D eigenvalue weighted by atomic mass is 10.3. The fraction of sp³-hybridized carbons (Fsp3) is 0. The van der Waals surface area contributed by atoms with E-state index in [0.29, 0.717) is 5.02 Å². The quantitative estimate of drug-likeness (QED) is 0.873. The number of benzene rings is 1. The third-order valence-corrected chi connectivity index (χ3v) is 3.96. The average Bonchev–Trinajstić information content (AvgIpc) is 2.38. The lowest BCUT2D eigenvalue weighted by Gasteiger charge is -1.99. The summed E-state index contributed by atoms with van der Waals surface area (Å²) in [5, 5.41) is 1.22. The maximum absolute atomic E-state index is 13.3. The van der Waals surface area contributed by atoms with Gasteiger partial charge in [-0.15, -0.1) is 0 Å². The maximum Gasteiger partial charge on any atom is 0.199 e. The van der Waals surface area contributed by atoms with Gasteiger partial charge in [0.25, 0.3) is 0 Å². The zero-order chi connectivity index (χ0) is 13.9. The second-order valence-corrected chi connectivity index (χ2v) is 5.95. The number of hydrogen-bond acceptors (Lipinski definition) is 3. The molecule has 0 amide bonds. The minimum Gasteiger partial charge on any atom is -0.254 e. The van der Waals surface area contributed by atoms with Gasteiger partial charge in [-0.25, -0.2) is 12.8 Å². The Morgan fingerprint density at radius 3 is 2.68 bits per heavy atom. The van der Waals surface area contributed by atoms with E-state index in [-0.39, 0.29) is 10.6 Å². The average molecular weight is 298 g/mol. The van der Waals surface area contributed by atoms with Crippen molar-refractivity contribution in [3.63, 3.8) is 0 Å². The van der Waals surface area contributed by atoms with E-state index < -0.39 is 15.7 Å². The van der Waals surface area contributed by atoms with Gasteiger partial charge in [-0.2, -0.15) is 0 Å². The summed E-state index contributed by atoms with van der Waals surface area (Å²) in [6.07, 6.45) is 2.50. The Bertz CT molecular complexity index is 729. The number of nitrogens with zero attached hydrogens (tertiary/aromatic N) is 1. The summed E-state index contributed by atoms with van der Waals surface area (Å²) in [6.45, 7) is 0. The highest BCUT2D eigenvalue weighted by molar-refractivity contribution is 7.94. The molecule has 0 fully saturated rings. The zero-order valence-corrected chi connectivity index (χ0v) is 11.2. The van der Waals surface area contributed by atoms with E-state index in [2.05, 4.69) is 4.98 Å². The molecule has 0 atom stereocenters. The lowest BCUT2D eigenvalue weighted by molar-refractivity contribution is 0.604. The zero-order valence-electron chi connectivity index (χ0n) is 9.62. The molecule has 0 bridgehead atoms. The maximum atomic E-state index is 13.3. The van der Waals surface area contributed by atoms with Crippen molar-refractivity contribution in [1.82, 2.24) is 4.98 Å². The Morgan fingerprint density at radius 1 is 1.21 bits per heavy atom. The van der Waals surface area contributed by atoms with Crippen molar-refractivity contribution in [2.75, 3.05) is 0 Å². The van der Waals surface area contributed by atoms with Crippen LogP contribution >= 0.6 is 11.6 Å². The van der Waals surface area contributed by atoms with Gasteiger partial charge in [0.05, 0.1) is 10.6 Å². The summed E-state index contributed by atoms with van der Waals surface area (Å²) in [4.78, 5) is 3.79. The smallest absolute Gasteiger partial charge is 0.199 e. The van der Waals surface area contributed by atoms with Crippen LogP contribution in [0.5, 0.6) is 0 Å². The normalized spacial score (nSPS) is 11.9. The largest absolute Gasteiger partial charge is 0.254 e. The number of pyridine rings is 1. The fourth-order valence-electron chi connectivity index (χ4n) is 1.40. The highest BCUT2D eigenvalue weighted by Gasteiger charge is 2.11. The second-order valence-electron chi connectivity index (χ2n) is 3.68. The van der Waals surface area contributed by atoms with Gasteiger partial charge in [0.2, 0.25) is 0 Å². The number of halogens is 2. The molecular formula is C13H9ClFNO2S. The number of hydrogen-bond donors (Lipinski definition) is 0. The summed E-state index contributed by atoms with van der Waals surface area (Å²) in [5.74, 6) is -0.583. The topological polar surface area (TPSA) is 47.0 Å². The molecule has 19 heavy (non-hydrogen) atoms. The van der Waals surface area contributed by atoms with Crippen LogP contribution in [0.3, 0.4) is 0 Å². The highest BCUT2D eigenvalue weighted by atomic mass is 35.5. The van der Waals surface area contributed by atoms with Crippen LogP contribution in [0.15, 0.2) is 52.9 Å². The van der Waals surface area contributed by atoms with Crippen LogP contribution in [0.4, 0.5) is 4.39 Å². The van der Waals surface area contributed by atoms with E-state index in [4.69, 9.17) is 11.6 Å². The van der Waals surface area contributed by atoms with Gasteiger partial charge in [-0.3, -0.25) is 4.98 Å². The third-order valence-electron chi connectivity index (χ3n) is 2.32. The molecule has 2 aromatic rings. The minimum atomic E-state index is -3.67. The number of sulfone groups is 1. The van der Waals surface area contributed by atoms with Crippen LogP contribution in [0.2, 0.25) is 5.02 Å². The van der Waals surface area contributed by atoms with E-state index in [1.54, 1.807) is 6.07 Å². The second kappa shape index (κ2) is 5.50. The first-order valence-corrected chi connectivity index (χ1v) is 7.21. The van der Waals surface area contributed by atoms with Crippen molar-refractivity contribution < 1.29 is 12.8 Å². The molecule has 0 aliphatic carbocycles. The molecule has 0 radical (unpaired) electrons. The van der Waals surface area contributed by atoms with Crippen LogP contribution in [0, 0.1) is 5.82 Å². The van der Waals surface area contributed by atoms with Crippen molar-refractivity contribution in [3.8, 4) is 0 Å². The fourth-order valence-corrected chi connectivity index (χ4v) is 2.68. The molecule has 0 aliphatic rings. The third kappa shape index (κ3) is 3.39. The molecule has 0 unspecified atom stereocenters. The van der Waals surface area contributed by atoms with E-state index >= 15 is 0 Å². The van der Waals surface area contributed by atoms with Gasteiger partial charge in [-0.05, 0) is 36.4 Å². The van der Waals surface area contributed by atoms with Gasteiger partial charge >= 0.3 is 0 Å². The molecule has 98 valence electrons. The molecule has 3 nitrogen and oxygen atoms in total. The molecular weight excluding hydrogens is 289 g/mol. The van der Waals surface area contributed by atoms with Crippen LogP contribution in [-0.2, 0) is 9.84 Å². The Kier molecular flexibility index (Phi) is 3.97. The lowest BCUT2D eigenvalue weighted by Crippen LogP contribution is -1.96. The molecule has 1 heterocycles. The molecule has 6 heteroatoms. The van der Waals surface area contributed by atoms with Gasteiger partial charge in [-0.1, -0.05) is 17.7 Å². The van der Waals surface area contributed by atoms with Gasteiger partial charge in [0.1, 0.15) is 5.82 Å². The first-order chi connectivity index (χ1) is 8.99. The highest BCUT2D eigenvalue weighted by Crippen LogP contribution is 2.18. The monoisotopic (exact) mass is 297 g/mol. The minimum absolute atomic E-state index is 0.0342. The molecule has 0 spiro atoms. The SMILES string of the molecule is O=S(=O)(C=Cc1ncccc1F)c1cccc(Cl)c1. The van der Waals surface area contributed by atoms with E-state index in [1.807, 2.05) is 0 Å². The Labute approximate surface area is 115 Å². The van der Waals surface area contributed by atoms with E-state index in [0.717, 1.165) is 11.5 Å². The first-order valence-electron chi connectivity index (χ1n) is 5.28. The summed E-state index contributed by atoms with van der Waals surface area (Å²) in [5.41, 5.74) is -0.0342. The van der Waals surface area contributed by atoms with E-state index in [9.17, 15) is 12.8 Å². The van der Waals surface area contributed by atoms with Crippen molar-refractivity contribution in [2.45, 2.75) is 4.90 Å². The Balaban J connectivity index is 2.35. The molecule has 0 aliphatic heterocycles. The summed E-state index contributed by atoms with van der Waals surface area (Å²) in [6, 6.07) is 8.49. The van der Waals surface area contributed by atoms with Crippen LogP contribution in [-0.4, -0.2) is 13.4 Å². The first kappa shape index (κ1) is 13.7. The van der Waals surface area contributed by atoms with Crippen LogP contribution in [0.25, 0.3) is 6.08 Å². The number of aromatic nitrogens is 1. The Morgan fingerprint density at radius 2 is 2.00 bits per heavy atom. The van der Waals surface area contributed by atoms with E-state index in [1.165, 1.54) is 36.5 Å². The van der Waals surface area contributed by atoms with Gasteiger partial charge < -0.3 is 0 Å². The van der Waals surface area contributed by atoms with Gasteiger partial charge in [0.15, 0.2) is 9.84 Å². The Hall–Kier alpha value is -1.72. The van der Waals surface area contributed by atoms with Crippen LogP contribution < -0.4 is 0 Å². The van der Waals surface area contributed by atoms with Crippen LogP contribution in [0.1, 0.15) is 5.69 Å². The predicted octanol–water partition coefficient (Wildman–Crippen LogP) is 3.32. The summed E-state index contributed by atoms with van der Waals surface area (Å²) < 4.78 is 37.2. The molecule has 2 rings (SSSR count). The molecule has 1 aromatic heterocycles. The molecule has 0 saturated carbocycles. The number of rotatable bonds is 3. The summed E-state index contributed by atoms with van der Waals surface area (Å²) in [7, 11) is -3.67. The standard InChI is InChI=1S/C13H9ClFNO2S/c14-10-3-1-4-11(9-10)19(17,18)8-6-13-12(15)5-2-7-16-13/h1-9H. The van der Waals surface area contributed by atoms with Crippen molar-refractivity contribution >= 4 is 27.5 Å². The molecule has 0 N–H and O–H groups in total. The molecule has 1 aromatic carbocycles. The molecule has 0 saturated heterocycles. The van der Waals surface area contributed by atoms with Gasteiger partial charge in [0, 0.05) is 16.6 Å². The van der Waals surface area contributed by atoms with Crippen molar-refractivity contribution in [1.29, 1.82) is 0 Å². The van der Waals surface area contributed by atoms with Crippen molar-refractivity contribution in [2.24, 2.45) is 0 Å².